The molecule has 0 radical (unpaired) electrons. The third-order valence-electron chi connectivity index (χ3n) is 4.20. The second-order valence-corrected chi connectivity index (χ2v) is 5.69. The Bertz CT molecular complexity index is 432. The zero-order valence-electron chi connectivity index (χ0n) is 11.7. The summed E-state index contributed by atoms with van der Waals surface area (Å²) in [7, 11) is 0. The Hall–Kier alpha value is -0.800. The maximum atomic E-state index is 13.2. The number of hydrogen-bond acceptors (Lipinski definition) is 2. The molecule has 0 aromatic heterocycles. The van der Waals surface area contributed by atoms with Crippen LogP contribution < -0.4 is 10.2 Å². The minimum absolute atomic E-state index is 0.133. The molecule has 2 nitrogen and oxygen atoms in total. The van der Waals surface area contributed by atoms with Crippen molar-refractivity contribution in [3.8, 4) is 0 Å². The van der Waals surface area contributed by atoms with Crippen molar-refractivity contribution in [1.29, 1.82) is 0 Å². The molecule has 1 saturated heterocycles. The zero-order chi connectivity index (χ0) is 13.9. The highest BCUT2D eigenvalue weighted by atomic mass is 35.5. The van der Waals surface area contributed by atoms with Crippen LogP contribution in [0.25, 0.3) is 0 Å². The minimum Gasteiger partial charge on any atom is -0.368 e. The van der Waals surface area contributed by atoms with Crippen LogP contribution in [0.5, 0.6) is 0 Å². The molecule has 1 fully saturated rings. The molecule has 106 valence electrons. The molecule has 1 heterocycles. The Balaban J connectivity index is 2.27. The molecule has 4 heteroatoms. The van der Waals surface area contributed by atoms with Crippen molar-refractivity contribution >= 4 is 17.3 Å². The van der Waals surface area contributed by atoms with Gasteiger partial charge in [-0.1, -0.05) is 25.4 Å². The number of halogens is 2. The fourth-order valence-corrected chi connectivity index (χ4v) is 3.08. The predicted octanol–water partition coefficient (Wildman–Crippen LogP) is 3.84. The number of rotatable bonds is 3. The van der Waals surface area contributed by atoms with Crippen molar-refractivity contribution in [1.82, 2.24) is 5.32 Å². The third-order valence-corrected chi connectivity index (χ3v) is 4.51. The Labute approximate surface area is 119 Å². The van der Waals surface area contributed by atoms with E-state index in [1.165, 1.54) is 12.1 Å². The van der Waals surface area contributed by atoms with Gasteiger partial charge >= 0.3 is 0 Å². The van der Waals surface area contributed by atoms with E-state index in [9.17, 15) is 4.39 Å². The van der Waals surface area contributed by atoms with Gasteiger partial charge in [0.1, 0.15) is 5.82 Å². The standard InChI is InChI=1S/C15H22ClFN2/c1-3-15(4-2)11-19(9-5-8-18-15)14-7-6-12(17)10-13(14)16/h6-7,10,18H,3-5,8-9,11H2,1-2H3. The van der Waals surface area contributed by atoms with Crippen LogP contribution in [0, 0.1) is 5.82 Å². The van der Waals surface area contributed by atoms with Crippen LogP contribution in [0.1, 0.15) is 33.1 Å². The molecule has 2 rings (SSSR count). The SMILES string of the molecule is CCC1(CC)CN(c2ccc(F)cc2Cl)CCCN1. The molecule has 0 aliphatic carbocycles. The molecule has 0 saturated carbocycles. The maximum Gasteiger partial charge on any atom is 0.124 e. The number of anilines is 1. The molecule has 1 aliphatic heterocycles. The highest BCUT2D eigenvalue weighted by molar-refractivity contribution is 6.33. The highest BCUT2D eigenvalue weighted by Crippen LogP contribution is 2.30. The zero-order valence-corrected chi connectivity index (χ0v) is 12.4. The lowest BCUT2D eigenvalue weighted by atomic mass is 9.92. The molecule has 0 amide bonds. The van der Waals surface area contributed by atoms with E-state index in [-0.39, 0.29) is 11.4 Å². The van der Waals surface area contributed by atoms with Crippen molar-refractivity contribution in [2.75, 3.05) is 24.5 Å². The monoisotopic (exact) mass is 284 g/mol. The van der Waals surface area contributed by atoms with Crippen LogP contribution in [0.3, 0.4) is 0 Å². The lowest BCUT2D eigenvalue weighted by molar-refractivity contribution is 0.321. The van der Waals surface area contributed by atoms with Gasteiger partial charge in [-0.05, 0) is 44.0 Å². The molecule has 19 heavy (non-hydrogen) atoms. The van der Waals surface area contributed by atoms with Crippen LogP contribution in [0.15, 0.2) is 18.2 Å². The van der Waals surface area contributed by atoms with Crippen molar-refractivity contribution < 1.29 is 4.39 Å². The Morgan fingerprint density at radius 1 is 1.37 bits per heavy atom. The van der Waals surface area contributed by atoms with Gasteiger partial charge in [-0.2, -0.15) is 0 Å². The Morgan fingerprint density at radius 3 is 2.74 bits per heavy atom. The van der Waals surface area contributed by atoms with E-state index in [1.54, 1.807) is 6.07 Å². The highest BCUT2D eigenvalue weighted by Gasteiger charge is 2.30. The number of benzene rings is 1. The average Bonchev–Trinajstić information content (AvgIpc) is 2.62. The van der Waals surface area contributed by atoms with E-state index in [1.807, 2.05) is 0 Å². The molecule has 1 N–H and O–H groups in total. The summed E-state index contributed by atoms with van der Waals surface area (Å²) < 4.78 is 13.2. The van der Waals surface area contributed by atoms with Gasteiger partial charge in [-0.3, -0.25) is 0 Å². The van der Waals surface area contributed by atoms with E-state index < -0.39 is 0 Å². The van der Waals surface area contributed by atoms with Crippen molar-refractivity contribution in [3.63, 3.8) is 0 Å². The normalized spacial score (nSPS) is 19.3. The quantitative estimate of drug-likeness (QED) is 0.907. The van der Waals surface area contributed by atoms with Crippen LogP contribution in [-0.2, 0) is 0 Å². The van der Waals surface area contributed by atoms with Crippen LogP contribution in [-0.4, -0.2) is 25.2 Å². The molecule has 0 atom stereocenters. The van der Waals surface area contributed by atoms with Gasteiger partial charge in [0.25, 0.3) is 0 Å². The molecule has 0 unspecified atom stereocenters. The van der Waals surface area contributed by atoms with E-state index in [0.717, 1.165) is 44.6 Å². The maximum absolute atomic E-state index is 13.2. The van der Waals surface area contributed by atoms with Gasteiger partial charge in [0.2, 0.25) is 0 Å². The molecule has 1 aromatic carbocycles. The van der Waals surface area contributed by atoms with Gasteiger partial charge in [0.05, 0.1) is 10.7 Å². The molecular weight excluding hydrogens is 263 g/mol. The van der Waals surface area contributed by atoms with Gasteiger partial charge in [-0.15, -0.1) is 0 Å². The number of hydrogen-bond donors (Lipinski definition) is 1. The van der Waals surface area contributed by atoms with Crippen LogP contribution >= 0.6 is 11.6 Å². The molecular formula is C15H22ClFN2. The smallest absolute Gasteiger partial charge is 0.124 e. The second-order valence-electron chi connectivity index (χ2n) is 5.29. The van der Waals surface area contributed by atoms with Crippen LogP contribution in [0.4, 0.5) is 10.1 Å². The summed E-state index contributed by atoms with van der Waals surface area (Å²) in [5.41, 5.74) is 1.08. The van der Waals surface area contributed by atoms with E-state index in [0.29, 0.717) is 5.02 Å². The third kappa shape index (κ3) is 3.21. The van der Waals surface area contributed by atoms with E-state index in [4.69, 9.17) is 11.6 Å². The fourth-order valence-electron chi connectivity index (χ4n) is 2.79. The summed E-state index contributed by atoms with van der Waals surface area (Å²) in [6, 6.07) is 4.67. The second kappa shape index (κ2) is 6.10. The first kappa shape index (κ1) is 14.6. The lowest BCUT2D eigenvalue weighted by Crippen LogP contribution is -2.50. The topological polar surface area (TPSA) is 15.3 Å². The Kier molecular flexibility index (Phi) is 4.69. The van der Waals surface area contributed by atoms with Crippen LogP contribution in [0.2, 0.25) is 5.02 Å². The average molecular weight is 285 g/mol. The number of nitrogens with zero attached hydrogens (tertiary/aromatic N) is 1. The van der Waals surface area contributed by atoms with E-state index in [2.05, 4.69) is 24.1 Å². The van der Waals surface area contributed by atoms with Crippen molar-refractivity contribution in [2.45, 2.75) is 38.6 Å². The fraction of sp³-hybridized carbons (Fsp3) is 0.600. The minimum atomic E-state index is -0.279. The predicted molar refractivity (Wildman–Crippen MR) is 79.6 cm³/mol. The van der Waals surface area contributed by atoms with E-state index >= 15 is 0 Å². The summed E-state index contributed by atoms with van der Waals surface area (Å²) in [5.74, 6) is -0.279. The first-order valence-corrected chi connectivity index (χ1v) is 7.43. The van der Waals surface area contributed by atoms with Crippen molar-refractivity contribution in [3.05, 3.63) is 29.0 Å². The van der Waals surface area contributed by atoms with Gasteiger partial charge < -0.3 is 10.2 Å². The lowest BCUT2D eigenvalue weighted by Gasteiger charge is -2.36. The number of nitrogens with one attached hydrogen (secondary N) is 1. The molecule has 1 aromatic rings. The first-order valence-electron chi connectivity index (χ1n) is 7.05. The largest absolute Gasteiger partial charge is 0.368 e. The molecule has 0 spiro atoms. The van der Waals surface area contributed by atoms with Gasteiger partial charge in [-0.25, -0.2) is 4.39 Å². The summed E-state index contributed by atoms with van der Waals surface area (Å²) in [4.78, 5) is 2.29. The van der Waals surface area contributed by atoms with Crippen molar-refractivity contribution in [2.24, 2.45) is 0 Å². The summed E-state index contributed by atoms with van der Waals surface area (Å²) in [5, 5.41) is 4.17. The van der Waals surface area contributed by atoms with Gasteiger partial charge in [0.15, 0.2) is 0 Å². The first-order chi connectivity index (χ1) is 9.10. The summed E-state index contributed by atoms with van der Waals surface area (Å²) in [6.45, 7) is 7.33. The molecule has 1 aliphatic rings. The molecule has 0 bridgehead atoms. The summed E-state index contributed by atoms with van der Waals surface area (Å²) in [6.07, 6.45) is 3.24. The Morgan fingerprint density at radius 2 is 2.11 bits per heavy atom. The van der Waals surface area contributed by atoms with Gasteiger partial charge in [0, 0.05) is 18.6 Å². The summed E-state index contributed by atoms with van der Waals surface area (Å²) >= 11 is 6.19.